The monoisotopic (exact) mass is 179 g/mol. The highest BCUT2D eigenvalue weighted by Gasteiger charge is 2.01. The lowest BCUT2D eigenvalue weighted by atomic mass is 10.3. The molecule has 0 atom stereocenters. The van der Waals surface area contributed by atoms with Crippen LogP contribution in [0.3, 0.4) is 0 Å². The van der Waals surface area contributed by atoms with Gasteiger partial charge in [0, 0.05) is 6.54 Å². The number of nitriles is 1. The summed E-state index contributed by atoms with van der Waals surface area (Å²) in [6.45, 7) is 0.342. The largest absolute Gasteiger partial charge is 0.395 e. The number of nitrogens with one attached hydrogen (secondary N) is 1. The second kappa shape index (κ2) is 4.23. The maximum Gasteiger partial charge on any atom is 0.224 e. The van der Waals surface area contributed by atoms with Crippen molar-refractivity contribution in [3.05, 3.63) is 11.8 Å². The molecule has 0 saturated carbocycles. The van der Waals surface area contributed by atoms with E-state index in [4.69, 9.17) is 16.1 Å². The maximum atomic E-state index is 8.51. The first-order valence-electron chi connectivity index (χ1n) is 3.65. The summed E-state index contributed by atoms with van der Waals surface area (Å²) >= 11 is 0. The molecule has 0 bridgehead atoms. The number of aliphatic hydroxyl groups is 1. The van der Waals surface area contributed by atoms with Crippen LogP contribution in [0.1, 0.15) is 5.56 Å². The van der Waals surface area contributed by atoms with Gasteiger partial charge in [0.2, 0.25) is 5.95 Å². The van der Waals surface area contributed by atoms with E-state index in [1.54, 1.807) is 0 Å². The van der Waals surface area contributed by atoms with Crippen LogP contribution >= 0.6 is 0 Å². The Labute approximate surface area is 75.0 Å². The summed E-state index contributed by atoms with van der Waals surface area (Å²) in [4.78, 5) is 7.62. The Morgan fingerprint density at radius 1 is 1.69 bits per heavy atom. The Kier molecular flexibility index (Phi) is 3.00. The van der Waals surface area contributed by atoms with Gasteiger partial charge in [-0.25, -0.2) is 4.98 Å². The minimum absolute atomic E-state index is 0.0106. The average molecular weight is 179 g/mol. The van der Waals surface area contributed by atoms with Crippen LogP contribution in [0.2, 0.25) is 0 Å². The fourth-order valence-electron chi connectivity index (χ4n) is 0.734. The smallest absolute Gasteiger partial charge is 0.224 e. The Morgan fingerprint density at radius 2 is 2.46 bits per heavy atom. The predicted molar refractivity (Wildman–Crippen MR) is 46.7 cm³/mol. The molecule has 0 aliphatic rings. The summed E-state index contributed by atoms with van der Waals surface area (Å²) in [6.07, 6.45) is 1.34. The van der Waals surface area contributed by atoms with Crippen LogP contribution in [-0.4, -0.2) is 28.2 Å². The molecule has 1 rings (SSSR count). The van der Waals surface area contributed by atoms with E-state index in [9.17, 15) is 0 Å². The highest BCUT2D eigenvalue weighted by molar-refractivity contribution is 5.49. The van der Waals surface area contributed by atoms with Gasteiger partial charge in [0.15, 0.2) is 0 Å². The van der Waals surface area contributed by atoms with Crippen molar-refractivity contribution in [3.8, 4) is 6.07 Å². The number of anilines is 2. The zero-order valence-electron chi connectivity index (χ0n) is 6.86. The summed E-state index contributed by atoms with van der Waals surface area (Å²) < 4.78 is 0. The van der Waals surface area contributed by atoms with Crippen LogP contribution in [-0.2, 0) is 0 Å². The van der Waals surface area contributed by atoms with Gasteiger partial charge in [-0.15, -0.1) is 0 Å². The van der Waals surface area contributed by atoms with Gasteiger partial charge in [-0.2, -0.15) is 10.2 Å². The third-order valence-corrected chi connectivity index (χ3v) is 1.33. The molecule has 0 fully saturated rings. The molecule has 68 valence electrons. The lowest BCUT2D eigenvalue weighted by molar-refractivity contribution is 0.311. The maximum absolute atomic E-state index is 8.51. The minimum atomic E-state index is -0.0106. The number of hydrogen-bond donors (Lipinski definition) is 3. The molecule has 0 radical (unpaired) electrons. The topological polar surface area (TPSA) is 108 Å². The van der Waals surface area contributed by atoms with E-state index in [1.807, 2.05) is 6.07 Å². The summed E-state index contributed by atoms with van der Waals surface area (Å²) in [7, 11) is 0. The molecule has 0 aliphatic carbocycles. The van der Waals surface area contributed by atoms with Gasteiger partial charge in [-0.05, 0) is 0 Å². The molecule has 6 heteroatoms. The van der Waals surface area contributed by atoms with E-state index in [-0.39, 0.29) is 18.0 Å². The number of hydrogen-bond acceptors (Lipinski definition) is 6. The van der Waals surface area contributed by atoms with E-state index in [1.165, 1.54) is 6.20 Å². The molecule has 0 saturated heterocycles. The molecule has 0 amide bonds. The van der Waals surface area contributed by atoms with Crippen LogP contribution in [0.5, 0.6) is 0 Å². The Morgan fingerprint density at radius 3 is 3.00 bits per heavy atom. The molecule has 13 heavy (non-hydrogen) atoms. The molecule has 1 aromatic heterocycles. The molecular weight excluding hydrogens is 170 g/mol. The zero-order valence-corrected chi connectivity index (χ0v) is 6.86. The van der Waals surface area contributed by atoms with E-state index >= 15 is 0 Å². The van der Waals surface area contributed by atoms with Gasteiger partial charge in [0.05, 0.1) is 12.8 Å². The second-order valence-electron chi connectivity index (χ2n) is 2.25. The zero-order chi connectivity index (χ0) is 9.68. The summed E-state index contributed by atoms with van der Waals surface area (Å²) in [5.74, 6) is 0.448. The Bertz CT molecular complexity index is 332. The van der Waals surface area contributed by atoms with Gasteiger partial charge < -0.3 is 16.2 Å². The number of aromatic nitrogens is 2. The SMILES string of the molecule is N#Cc1cnc(NCCO)nc1N. The van der Waals surface area contributed by atoms with Crippen LogP contribution in [0, 0.1) is 11.3 Å². The molecular formula is C7H9N5O. The lowest BCUT2D eigenvalue weighted by Gasteiger charge is -2.02. The Hall–Kier alpha value is -1.87. The summed E-state index contributed by atoms with van der Waals surface area (Å²) in [5, 5.41) is 19.7. The van der Waals surface area contributed by atoms with Crippen molar-refractivity contribution in [1.82, 2.24) is 9.97 Å². The highest BCUT2D eigenvalue weighted by Crippen LogP contribution is 2.07. The van der Waals surface area contributed by atoms with Crippen molar-refractivity contribution in [3.63, 3.8) is 0 Å². The van der Waals surface area contributed by atoms with Crippen molar-refractivity contribution in [2.24, 2.45) is 0 Å². The van der Waals surface area contributed by atoms with Gasteiger partial charge in [-0.1, -0.05) is 0 Å². The molecule has 0 unspecified atom stereocenters. The van der Waals surface area contributed by atoms with Crippen molar-refractivity contribution in [1.29, 1.82) is 5.26 Å². The molecule has 6 nitrogen and oxygen atoms in total. The van der Waals surface area contributed by atoms with Gasteiger partial charge in [0.25, 0.3) is 0 Å². The third kappa shape index (κ3) is 2.28. The number of aliphatic hydroxyl groups excluding tert-OH is 1. The van der Waals surface area contributed by atoms with E-state index < -0.39 is 0 Å². The Balaban J connectivity index is 2.79. The molecule has 0 aliphatic heterocycles. The number of nitrogen functional groups attached to an aromatic ring is 1. The lowest BCUT2D eigenvalue weighted by Crippen LogP contribution is -2.10. The van der Waals surface area contributed by atoms with E-state index in [0.29, 0.717) is 12.5 Å². The van der Waals surface area contributed by atoms with Crippen molar-refractivity contribution in [2.45, 2.75) is 0 Å². The van der Waals surface area contributed by atoms with Crippen LogP contribution in [0.4, 0.5) is 11.8 Å². The molecule has 1 heterocycles. The second-order valence-corrected chi connectivity index (χ2v) is 2.25. The summed E-state index contributed by atoms with van der Waals surface area (Å²) in [5.41, 5.74) is 5.67. The van der Waals surface area contributed by atoms with Gasteiger partial charge in [0.1, 0.15) is 17.5 Å². The highest BCUT2D eigenvalue weighted by atomic mass is 16.3. The quantitative estimate of drug-likeness (QED) is 0.568. The molecule has 4 N–H and O–H groups in total. The first kappa shape index (κ1) is 9.22. The van der Waals surface area contributed by atoms with Crippen LogP contribution in [0.25, 0.3) is 0 Å². The van der Waals surface area contributed by atoms with Crippen molar-refractivity contribution < 1.29 is 5.11 Å². The van der Waals surface area contributed by atoms with Crippen LogP contribution in [0.15, 0.2) is 6.20 Å². The molecule has 0 aromatic carbocycles. The van der Waals surface area contributed by atoms with Crippen molar-refractivity contribution >= 4 is 11.8 Å². The normalized spacial score (nSPS) is 9.23. The fraction of sp³-hybridized carbons (Fsp3) is 0.286. The van der Waals surface area contributed by atoms with E-state index in [2.05, 4.69) is 15.3 Å². The standard InChI is InChI=1S/C7H9N5O/c8-3-5-4-11-7(10-1-2-13)12-6(5)9/h4,13H,1-2H2,(H3,9,10,11,12). The first-order chi connectivity index (χ1) is 6.27. The fourth-order valence-corrected chi connectivity index (χ4v) is 0.734. The predicted octanol–water partition coefficient (Wildman–Crippen LogP) is -0.665. The summed E-state index contributed by atoms with van der Waals surface area (Å²) in [6, 6.07) is 1.85. The first-order valence-corrected chi connectivity index (χ1v) is 3.65. The van der Waals surface area contributed by atoms with Gasteiger partial charge >= 0.3 is 0 Å². The minimum Gasteiger partial charge on any atom is -0.395 e. The number of nitrogens with zero attached hydrogens (tertiary/aromatic N) is 3. The van der Waals surface area contributed by atoms with Crippen molar-refractivity contribution in [2.75, 3.05) is 24.2 Å². The van der Waals surface area contributed by atoms with Gasteiger partial charge in [-0.3, -0.25) is 0 Å². The molecule has 1 aromatic rings. The average Bonchev–Trinajstić information content (AvgIpc) is 2.15. The number of rotatable bonds is 3. The molecule has 0 spiro atoms. The van der Waals surface area contributed by atoms with E-state index in [0.717, 1.165) is 0 Å². The van der Waals surface area contributed by atoms with Crippen LogP contribution < -0.4 is 11.1 Å². The third-order valence-electron chi connectivity index (χ3n) is 1.33. The number of nitrogens with two attached hydrogens (primary N) is 1.